The first-order chi connectivity index (χ1) is 14.8. The van der Waals surface area contributed by atoms with Crippen LogP contribution in [-0.2, 0) is 0 Å². The topological polar surface area (TPSA) is 18.5 Å². The molecule has 3 rings (SSSR count). The zero-order chi connectivity index (χ0) is 21.0. The molecule has 1 fully saturated rings. The molecule has 1 aliphatic rings. The second-order valence-corrected chi connectivity index (χ2v) is 8.60. The summed E-state index contributed by atoms with van der Waals surface area (Å²) in [5.74, 6) is 1.64. The van der Waals surface area contributed by atoms with E-state index in [0.717, 1.165) is 36.3 Å². The van der Waals surface area contributed by atoms with Crippen molar-refractivity contribution in [3.05, 3.63) is 48.3 Å². The van der Waals surface area contributed by atoms with E-state index in [0.29, 0.717) is 18.3 Å². The van der Waals surface area contributed by atoms with Crippen LogP contribution >= 0.6 is 0 Å². The lowest BCUT2D eigenvalue weighted by Gasteiger charge is -2.21. The highest BCUT2D eigenvalue weighted by Crippen LogP contribution is 2.28. The molecule has 164 valence electrons. The van der Waals surface area contributed by atoms with Gasteiger partial charge in [0.05, 0.1) is 13.2 Å². The fourth-order valence-corrected chi connectivity index (χ4v) is 4.17. The molecule has 1 saturated carbocycles. The van der Waals surface area contributed by atoms with Gasteiger partial charge in [-0.15, -0.1) is 0 Å². The molecule has 0 spiro atoms. The van der Waals surface area contributed by atoms with Gasteiger partial charge in [-0.05, 0) is 60.6 Å². The number of ether oxygens (including phenoxy) is 2. The number of halogens is 1. The summed E-state index contributed by atoms with van der Waals surface area (Å²) in [5, 5.41) is 0. The van der Waals surface area contributed by atoms with E-state index >= 15 is 0 Å². The number of hydrogen-bond donors (Lipinski definition) is 0. The molecule has 0 bridgehead atoms. The normalized spacial score (nSPS) is 14.6. The average molecular weight is 413 g/mol. The molecule has 0 atom stereocenters. The highest BCUT2D eigenvalue weighted by atomic mass is 19.1. The van der Waals surface area contributed by atoms with E-state index in [2.05, 4.69) is 6.92 Å². The van der Waals surface area contributed by atoms with E-state index in [-0.39, 0.29) is 5.82 Å². The molecule has 2 aromatic carbocycles. The second kappa shape index (κ2) is 12.6. The van der Waals surface area contributed by atoms with E-state index in [1.807, 2.05) is 30.3 Å². The van der Waals surface area contributed by atoms with Crippen molar-refractivity contribution in [2.45, 2.75) is 77.6 Å². The summed E-state index contributed by atoms with van der Waals surface area (Å²) in [6.07, 6.45) is 13.8. The van der Waals surface area contributed by atoms with Gasteiger partial charge in [0.15, 0.2) is 11.6 Å². The Morgan fingerprint density at radius 3 is 2.23 bits per heavy atom. The van der Waals surface area contributed by atoms with E-state index in [9.17, 15) is 4.39 Å². The molecule has 0 aliphatic heterocycles. The zero-order valence-corrected chi connectivity index (χ0v) is 18.5. The van der Waals surface area contributed by atoms with Gasteiger partial charge >= 0.3 is 0 Å². The van der Waals surface area contributed by atoms with Gasteiger partial charge in [0.25, 0.3) is 0 Å². The number of rotatable bonds is 12. The average Bonchev–Trinajstić information content (AvgIpc) is 2.79. The van der Waals surface area contributed by atoms with Crippen LogP contribution in [-0.4, -0.2) is 13.2 Å². The third-order valence-electron chi connectivity index (χ3n) is 6.09. The highest BCUT2D eigenvalue weighted by molar-refractivity contribution is 5.65. The van der Waals surface area contributed by atoms with Gasteiger partial charge in [0.1, 0.15) is 5.75 Å². The first-order valence-electron chi connectivity index (χ1n) is 11.9. The second-order valence-electron chi connectivity index (χ2n) is 8.60. The maximum absolute atomic E-state index is 14.5. The Kier molecular flexibility index (Phi) is 9.53. The lowest BCUT2D eigenvalue weighted by atomic mass is 9.90. The van der Waals surface area contributed by atoms with Crippen LogP contribution in [0.15, 0.2) is 42.5 Å². The minimum atomic E-state index is -0.295. The van der Waals surface area contributed by atoms with Crippen LogP contribution in [0.1, 0.15) is 77.6 Å². The zero-order valence-electron chi connectivity index (χ0n) is 18.5. The first-order valence-corrected chi connectivity index (χ1v) is 11.9. The Hall–Kier alpha value is -2.03. The minimum Gasteiger partial charge on any atom is -0.493 e. The van der Waals surface area contributed by atoms with Gasteiger partial charge < -0.3 is 9.47 Å². The van der Waals surface area contributed by atoms with E-state index < -0.39 is 0 Å². The molecular weight excluding hydrogens is 375 g/mol. The molecule has 1 aliphatic carbocycles. The summed E-state index contributed by atoms with van der Waals surface area (Å²) in [4.78, 5) is 0. The Morgan fingerprint density at radius 2 is 1.50 bits per heavy atom. The molecule has 0 unspecified atom stereocenters. The van der Waals surface area contributed by atoms with Crippen molar-refractivity contribution >= 4 is 0 Å². The van der Waals surface area contributed by atoms with Crippen molar-refractivity contribution in [1.29, 1.82) is 0 Å². The van der Waals surface area contributed by atoms with Crippen LogP contribution in [0.4, 0.5) is 4.39 Å². The quantitative estimate of drug-likeness (QED) is 0.327. The van der Waals surface area contributed by atoms with Crippen molar-refractivity contribution < 1.29 is 13.9 Å². The van der Waals surface area contributed by atoms with Gasteiger partial charge in [0.2, 0.25) is 0 Å². The number of hydrogen-bond acceptors (Lipinski definition) is 2. The molecule has 2 nitrogen and oxygen atoms in total. The van der Waals surface area contributed by atoms with Crippen LogP contribution in [0.2, 0.25) is 0 Å². The molecule has 0 aromatic heterocycles. The minimum absolute atomic E-state index is 0.295. The van der Waals surface area contributed by atoms with Crippen LogP contribution in [0, 0.1) is 11.7 Å². The summed E-state index contributed by atoms with van der Waals surface area (Å²) < 4.78 is 26.1. The third-order valence-corrected chi connectivity index (χ3v) is 6.09. The lowest BCUT2D eigenvalue weighted by molar-refractivity contribution is 0.209. The summed E-state index contributed by atoms with van der Waals surface area (Å²) in [6, 6.07) is 13.2. The molecule has 0 N–H and O–H groups in total. The Labute approximate surface area is 181 Å². The van der Waals surface area contributed by atoms with Crippen LogP contribution in [0.3, 0.4) is 0 Å². The monoisotopic (exact) mass is 412 g/mol. The van der Waals surface area contributed by atoms with E-state index in [1.165, 1.54) is 57.8 Å². The maximum Gasteiger partial charge on any atom is 0.165 e. The fourth-order valence-electron chi connectivity index (χ4n) is 4.17. The molecule has 0 amide bonds. The van der Waals surface area contributed by atoms with Crippen molar-refractivity contribution in [2.24, 2.45) is 5.92 Å². The Balaban J connectivity index is 1.45. The van der Waals surface area contributed by atoms with Crippen LogP contribution in [0.5, 0.6) is 11.5 Å². The Bertz CT molecular complexity index is 735. The van der Waals surface area contributed by atoms with Gasteiger partial charge in [-0.25, -0.2) is 4.39 Å². The smallest absolute Gasteiger partial charge is 0.165 e. The van der Waals surface area contributed by atoms with Gasteiger partial charge in [-0.3, -0.25) is 0 Å². The largest absolute Gasteiger partial charge is 0.493 e. The standard InChI is InChI=1S/C27H37FO2/c1-2-3-4-5-6-10-19-29-27-18-15-24(20-26(27)28)23-13-16-25(17-14-23)30-21-22-11-8-7-9-12-22/h13-18,20,22H,2-12,19,21H2,1H3. The van der Waals surface area contributed by atoms with Gasteiger partial charge in [-0.1, -0.05) is 76.5 Å². The lowest BCUT2D eigenvalue weighted by Crippen LogP contribution is -2.15. The fraction of sp³-hybridized carbons (Fsp3) is 0.556. The first kappa shape index (κ1) is 22.7. The van der Waals surface area contributed by atoms with E-state index in [1.54, 1.807) is 12.1 Å². The molecular formula is C27H37FO2. The van der Waals surface area contributed by atoms with Gasteiger partial charge in [-0.2, -0.15) is 0 Å². The molecule has 0 heterocycles. The molecule has 30 heavy (non-hydrogen) atoms. The van der Waals surface area contributed by atoms with Crippen LogP contribution < -0.4 is 9.47 Å². The van der Waals surface area contributed by atoms with E-state index in [4.69, 9.17) is 9.47 Å². The van der Waals surface area contributed by atoms with Gasteiger partial charge in [0, 0.05) is 0 Å². The molecule has 0 saturated heterocycles. The summed E-state index contributed by atoms with van der Waals surface area (Å²) in [6.45, 7) is 3.60. The summed E-state index contributed by atoms with van der Waals surface area (Å²) in [7, 11) is 0. The predicted octanol–water partition coefficient (Wildman–Crippen LogP) is 8.19. The van der Waals surface area contributed by atoms with Crippen molar-refractivity contribution in [3.63, 3.8) is 0 Å². The van der Waals surface area contributed by atoms with Crippen LogP contribution in [0.25, 0.3) is 11.1 Å². The molecule has 2 aromatic rings. The third kappa shape index (κ3) is 7.34. The summed E-state index contributed by atoms with van der Waals surface area (Å²) in [5.41, 5.74) is 1.85. The number of unbranched alkanes of at least 4 members (excludes halogenated alkanes) is 5. The molecule has 3 heteroatoms. The van der Waals surface area contributed by atoms with Crippen molar-refractivity contribution in [1.82, 2.24) is 0 Å². The number of benzene rings is 2. The SMILES string of the molecule is CCCCCCCCOc1ccc(-c2ccc(OCC3CCCCC3)cc2)cc1F. The highest BCUT2D eigenvalue weighted by Gasteiger charge is 2.14. The maximum atomic E-state index is 14.5. The van der Waals surface area contributed by atoms with Crippen molar-refractivity contribution in [2.75, 3.05) is 13.2 Å². The summed E-state index contributed by atoms with van der Waals surface area (Å²) >= 11 is 0. The Morgan fingerprint density at radius 1 is 0.800 bits per heavy atom. The molecule has 0 radical (unpaired) electrons. The predicted molar refractivity (Wildman–Crippen MR) is 123 cm³/mol. The van der Waals surface area contributed by atoms with Crippen molar-refractivity contribution in [3.8, 4) is 22.6 Å².